The van der Waals surface area contributed by atoms with E-state index >= 15 is 0 Å². The first-order chi connectivity index (χ1) is 7.29. The molecule has 3 heteroatoms. The lowest BCUT2D eigenvalue weighted by Gasteiger charge is -2.03. The van der Waals surface area contributed by atoms with Crippen molar-refractivity contribution in [3.8, 4) is 17.0 Å². The highest BCUT2D eigenvalue weighted by Crippen LogP contribution is 2.22. The van der Waals surface area contributed by atoms with Crippen molar-refractivity contribution in [1.82, 2.24) is 4.98 Å². The van der Waals surface area contributed by atoms with E-state index in [4.69, 9.17) is 4.74 Å². The number of benzene rings is 1. The zero-order chi connectivity index (χ0) is 10.7. The number of aromatic nitrogens is 1. The Bertz CT molecular complexity index is 453. The van der Waals surface area contributed by atoms with Gasteiger partial charge in [-0.15, -0.1) is 0 Å². The minimum absolute atomic E-state index is 0.855. The average molecular weight is 264 g/mol. The number of ether oxygens (including phenoxy) is 1. The highest BCUT2D eigenvalue weighted by Gasteiger charge is 1.99. The summed E-state index contributed by atoms with van der Waals surface area (Å²) in [4.78, 5) is 4.29. The number of halogens is 1. The fourth-order valence-corrected chi connectivity index (χ4v) is 1.66. The van der Waals surface area contributed by atoms with Crippen LogP contribution in [0.25, 0.3) is 11.3 Å². The molecule has 0 saturated carbocycles. The molecule has 2 aromatic rings. The second-order valence-corrected chi connectivity index (χ2v) is 4.00. The summed E-state index contributed by atoms with van der Waals surface area (Å²) in [5, 5.41) is 0. The SMILES string of the molecule is COc1ccc(-c2cc(Br)ccn2)cc1. The minimum atomic E-state index is 0.855. The van der Waals surface area contributed by atoms with Crippen molar-refractivity contribution in [2.45, 2.75) is 0 Å². The van der Waals surface area contributed by atoms with Crippen molar-refractivity contribution < 1.29 is 4.74 Å². The summed E-state index contributed by atoms with van der Waals surface area (Å²) in [6.07, 6.45) is 1.78. The molecule has 0 unspecified atom stereocenters. The van der Waals surface area contributed by atoms with E-state index in [0.29, 0.717) is 0 Å². The third-order valence-electron chi connectivity index (χ3n) is 2.11. The summed E-state index contributed by atoms with van der Waals surface area (Å²) in [7, 11) is 1.66. The van der Waals surface area contributed by atoms with Crippen LogP contribution < -0.4 is 4.74 Å². The van der Waals surface area contributed by atoms with Gasteiger partial charge in [0, 0.05) is 16.2 Å². The first-order valence-corrected chi connectivity index (χ1v) is 5.35. The van der Waals surface area contributed by atoms with Gasteiger partial charge in [0.25, 0.3) is 0 Å². The summed E-state index contributed by atoms with van der Waals surface area (Å²) in [6.45, 7) is 0. The molecule has 0 bridgehead atoms. The maximum atomic E-state index is 5.10. The van der Waals surface area contributed by atoms with Gasteiger partial charge in [0.05, 0.1) is 12.8 Å². The molecule has 0 fully saturated rings. The molecule has 1 aromatic carbocycles. The maximum Gasteiger partial charge on any atom is 0.118 e. The topological polar surface area (TPSA) is 22.1 Å². The van der Waals surface area contributed by atoms with Gasteiger partial charge in [-0.05, 0) is 36.4 Å². The molecule has 0 aliphatic rings. The lowest BCUT2D eigenvalue weighted by molar-refractivity contribution is 0.415. The molecule has 1 aromatic heterocycles. The Labute approximate surface area is 97.1 Å². The van der Waals surface area contributed by atoms with Gasteiger partial charge in [-0.3, -0.25) is 4.98 Å². The number of hydrogen-bond donors (Lipinski definition) is 0. The van der Waals surface area contributed by atoms with Gasteiger partial charge < -0.3 is 4.74 Å². The molecule has 2 nitrogen and oxygen atoms in total. The normalized spacial score (nSPS) is 10.0. The molecular formula is C12H10BrNO. The first kappa shape index (κ1) is 10.2. The molecule has 0 atom stereocenters. The number of hydrogen-bond acceptors (Lipinski definition) is 2. The Kier molecular flexibility index (Phi) is 3.02. The fourth-order valence-electron chi connectivity index (χ4n) is 1.32. The lowest BCUT2D eigenvalue weighted by atomic mass is 10.1. The van der Waals surface area contributed by atoms with E-state index in [1.54, 1.807) is 13.3 Å². The highest BCUT2D eigenvalue weighted by atomic mass is 79.9. The molecule has 0 aliphatic carbocycles. The lowest BCUT2D eigenvalue weighted by Crippen LogP contribution is -1.84. The third-order valence-corrected chi connectivity index (χ3v) is 2.60. The van der Waals surface area contributed by atoms with Crippen molar-refractivity contribution >= 4 is 15.9 Å². The minimum Gasteiger partial charge on any atom is -0.497 e. The molecule has 0 spiro atoms. The Balaban J connectivity index is 2.37. The average Bonchev–Trinajstić information content (AvgIpc) is 2.29. The van der Waals surface area contributed by atoms with Crippen LogP contribution in [0.15, 0.2) is 47.1 Å². The Morgan fingerprint density at radius 1 is 1.13 bits per heavy atom. The number of methoxy groups -OCH3 is 1. The largest absolute Gasteiger partial charge is 0.497 e. The van der Waals surface area contributed by atoms with Crippen LogP contribution in [0.2, 0.25) is 0 Å². The second-order valence-electron chi connectivity index (χ2n) is 3.09. The number of pyridine rings is 1. The van der Waals surface area contributed by atoms with Crippen molar-refractivity contribution in [2.75, 3.05) is 7.11 Å². The molecule has 0 aliphatic heterocycles. The number of rotatable bonds is 2. The van der Waals surface area contributed by atoms with Crippen LogP contribution in [0.3, 0.4) is 0 Å². The van der Waals surface area contributed by atoms with E-state index in [1.165, 1.54) is 0 Å². The summed E-state index contributed by atoms with van der Waals surface area (Å²) in [5.41, 5.74) is 2.03. The monoisotopic (exact) mass is 263 g/mol. The van der Waals surface area contributed by atoms with Gasteiger partial charge in [-0.1, -0.05) is 15.9 Å². The molecule has 76 valence electrons. The van der Waals surface area contributed by atoms with Gasteiger partial charge in [0.15, 0.2) is 0 Å². The van der Waals surface area contributed by atoms with Crippen LogP contribution in [-0.4, -0.2) is 12.1 Å². The zero-order valence-electron chi connectivity index (χ0n) is 8.27. The van der Waals surface area contributed by atoms with Crippen molar-refractivity contribution in [1.29, 1.82) is 0 Å². The summed E-state index contributed by atoms with van der Waals surface area (Å²) in [5.74, 6) is 0.855. The molecule has 0 N–H and O–H groups in total. The van der Waals surface area contributed by atoms with Gasteiger partial charge in [0.2, 0.25) is 0 Å². The van der Waals surface area contributed by atoms with Gasteiger partial charge >= 0.3 is 0 Å². The molecule has 0 saturated heterocycles. The van der Waals surface area contributed by atoms with Crippen LogP contribution in [0.5, 0.6) is 5.75 Å². The Morgan fingerprint density at radius 2 is 1.87 bits per heavy atom. The summed E-state index contributed by atoms with van der Waals surface area (Å²) >= 11 is 3.42. The molecule has 0 radical (unpaired) electrons. The van der Waals surface area contributed by atoms with E-state index in [2.05, 4.69) is 20.9 Å². The highest BCUT2D eigenvalue weighted by molar-refractivity contribution is 9.10. The molecule has 15 heavy (non-hydrogen) atoms. The van der Waals surface area contributed by atoms with E-state index in [1.807, 2.05) is 36.4 Å². The summed E-state index contributed by atoms with van der Waals surface area (Å²) < 4.78 is 6.13. The van der Waals surface area contributed by atoms with Crippen LogP contribution in [0.4, 0.5) is 0 Å². The van der Waals surface area contributed by atoms with Crippen LogP contribution in [-0.2, 0) is 0 Å². The van der Waals surface area contributed by atoms with E-state index < -0.39 is 0 Å². The van der Waals surface area contributed by atoms with Gasteiger partial charge in [0.1, 0.15) is 5.75 Å². The Hall–Kier alpha value is -1.35. The van der Waals surface area contributed by atoms with Crippen LogP contribution >= 0.6 is 15.9 Å². The maximum absolute atomic E-state index is 5.10. The second kappa shape index (κ2) is 4.45. The predicted octanol–water partition coefficient (Wildman–Crippen LogP) is 3.52. The fraction of sp³-hybridized carbons (Fsp3) is 0.0833. The predicted molar refractivity (Wildman–Crippen MR) is 63.9 cm³/mol. The van der Waals surface area contributed by atoms with E-state index in [-0.39, 0.29) is 0 Å². The molecule has 1 heterocycles. The quantitative estimate of drug-likeness (QED) is 0.827. The first-order valence-electron chi connectivity index (χ1n) is 4.55. The smallest absolute Gasteiger partial charge is 0.118 e. The molecule has 0 amide bonds. The zero-order valence-corrected chi connectivity index (χ0v) is 9.86. The van der Waals surface area contributed by atoms with Crippen molar-refractivity contribution in [2.24, 2.45) is 0 Å². The van der Waals surface area contributed by atoms with Crippen molar-refractivity contribution in [3.05, 3.63) is 47.1 Å². The van der Waals surface area contributed by atoms with Gasteiger partial charge in [-0.25, -0.2) is 0 Å². The summed E-state index contributed by atoms with van der Waals surface area (Å²) in [6, 6.07) is 11.7. The third kappa shape index (κ3) is 2.36. The molecule has 2 rings (SSSR count). The molecular weight excluding hydrogens is 254 g/mol. The van der Waals surface area contributed by atoms with E-state index in [0.717, 1.165) is 21.5 Å². The Morgan fingerprint density at radius 3 is 2.47 bits per heavy atom. The number of nitrogens with zero attached hydrogens (tertiary/aromatic N) is 1. The van der Waals surface area contributed by atoms with Gasteiger partial charge in [-0.2, -0.15) is 0 Å². The standard InChI is InChI=1S/C12H10BrNO/c1-15-11-4-2-9(3-5-11)12-8-10(13)6-7-14-12/h2-8H,1H3. The van der Waals surface area contributed by atoms with Crippen LogP contribution in [0.1, 0.15) is 0 Å². The van der Waals surface area contributed by atoms with Crippen molar-refractivity contribution in [3.63, 3.8) is 0 Å². The van der Waals surface area contributed by atoms with Crippen LogP contribution in [0, 0.1) is 0 Å². The van der Waals surface area contributed by atoms with E-state index in [9.17, 15) is 0 Å².